The Hall–Kier alpha value is -2.48. The molecule has 0 aliphatic carbocycles. The van der Waals surface area contributed by atoms with Crippen molar-refractivity contribution in [3.05, 3.63) is 66.4 Å². The number of hydrogen-bond donors (Lipinski definition) is 1. The summed E-state index contributed by atoms with van der Waals surface area (Å²) >= 11 is 0. The SMILES string of the molecule is C/C=C(C)\C=C/Nc1cccc2c1oc1ccccc12.CC. The van der Waals surface area contributed by atoms with E-state index in [4.69, 9.17) is 4.42 Å². The zero-order valence-electron chi connectivity index (χ0n) is 13.7. The fourth-order valence-corrected chi connectivity index (χ4v) is 2.22. The van der Waals surface area contributed by atoms with Crippen molar-refractivity contribution < 1.29 is 4.42 Å². The van der Waals surface area contributed by atoms with Crippen molar-refractivity contribution in [2.75, 3.05) is 5.32 Å². The van der Waals surface area contributed by atoms with Gasteiger partial charge in [0.15, 0.2) is 5.58 Å². The molecule has 0 bridgehead atoms. The van der Waals surface area contributed by atoms with E-state index in [0.29, 0.717) is 0 Å². The van der Waals surface area contributed by atoms with Crippen LogP contribution in [0.25, 0.3) is 21.9 Å². The molecule has 3 rings (SSSR count). The lowest BCUT2D eigenvalue weighted by molar-refractivity contribution is 0.670. The van der Waals surface area contributed by atoms with Crippen LogP contribution >= 0.6 is 0 Å². The van der Waals surface area contributed by atoms with Gasteiger partial charge in [-0.05, 0) is 32.1 Å². The average Bonchev–Trinajstić information content (AvgIpc) is 2.96. The molecule has 0 saturated carbocycles. The Bertz CT molecular complexity index is 809. The van der Waals surface area contributed by atoms with Gasteiger partial charge in [-0.25, -0.2) is 0 Å². The standard InChI is InChI=1S/C18H17NO.C2H6/c1-3-13(2)11-12-19-16-9-6-8-15-14-7-4-5-10-17(14)20-18(15)16;1-2/h3-12,19H,1-2H3;1-2H3/b12-11-,13-3-;. The summed E-state index contributed by atoms with van der Waals surface area (Å²) in [7, 11) is 0. The van der Waals surface area contributed by atoms with Gasteiger partial charge in [0.25, 0.3) is 0 Å². The molecule has 1 heterocycles. The van der Waals surface area contributed by atoms with E-state index in [0.717, 1.165) is 27.6 Å². The summed E-state index contributed by atoms with van der Waals surface area (Å²) in [5, 5.41) is 5.59. The molecule has 0 aliphatic rings. The van der Waals surface area contributed by atoms with E-state index in [-0.39, 0.29) is 0 Å². The number of hydrogen-bond acceptors (Lipinski definition) is 2. The van der Waals surface area contributed by atoms with Gasteiger partial charge in [0.2, 0.25) is 0 Å². The first kappa shape index (κ1) is 15.9. The monoisotopic (exact) mass is 293 g/mol. The van der Waals surface area contributed by atoms with Crippen LogP contribution in [0.4, 0.5) is 5.69 Å². The van der Waals surface area contributed by atoms with Crippen molar-refractivity contribution >= 4 is 27.6 Å². The molecule has 0 spiro atoms. The van der Waals surface area contributed by atoms with Crippen molar-refractivity contribution in [3.63, 3.8) is 0 Å². The van der Waals surface area contributed by atoms with Gasteiger partial charge in [0, 0.05) is 17.0 Å². The first-order valence-corrected chi connectivity index (χ1v) is 7.76. The molecular formula is C20H23NO. The number of furan rings is 1. The molecule has 0 radical (unpaired) electrons. The molecule has 2 aromatic carbocycles. The van der Waals surface area contributed by atoms with Crippen LogP contribution in [-0.4, -0.2) is 0 Å². The minimum absolute atomic E-state index is 0.900. The molecule has 0 fully saturated rings. The van der Waals surface area contributed by atoms with Gasteiger partial charge in [0.05, 0.1) is 5.69 Å². The predicted octanol–water partition coefficient (Wildman–Crippen LogP) is 6.50. The summed E-state index contributed by atoms with van der Waals surface area (Å²) < 4.78 is 5.96. The number of fused-ring (bicyclic) bond motifs is 3. The molecule has 1 aromatic heterocycles. The second kappa shape index (κ2) is 7.51. The molecule has 114 valence electrons. The number of nitrogens with one attached hydrogen (secondary N) is 1. The quantitative estimate of drug-likeness (QED) is 0.557. The van der Waals surface area contributed by atoms with Gasteiger partial charge in [-0.3, -0.25) is 0 Å². The number of anilines is 1. The van der Waals surface area contributed by atoms with Crippen LogP contribution in [-0.2, 0) is 0 Å². The highest BCUT2D eigenvalue weighted by Gasteiger charge is 2.08. The topological polar surface area (TPSA) is 25.2 Å². The van der Waals surface area contributed by atoms with E-state index in [9.17, 15) is 0 Å². The Labute approximate surface area is 132 Å². The van der Waals surface area contributed by atoms with Crippen molar-refractivity contribution in [2.45, 2.75) is 27.7 Å². The van der Waals surface area contributed by atoms with E-state index in [2.05, 4.69) is 30.4 Å². The van der Waals surface area contributed by atoms with Crippen LogP contribution in [0.2, 0.25) is 0 Å². The van der Waals surface area contributed by atoms with E-state index < -0.39 is 0 Å². The molecule has 2 nitrogen and oxygen atoms in total. The fraction of sp³-hybridized carbons (Fsp3) is 0.200. The van der Waals surface area contributed by atoms with Crippen molar-refractivity contribution in [1.82, 2.24) is 0 Å². The molecule has 22 heavy (non-hydrogen) atoms. The Morgan fingerprint density at radius 3 is 2.50 bits per heavy atom. The second-order valence-corrected chi connectivity index (χ2v) is 4.79. The summed E-state index contributed by atoms with van der Waals surface area (Å²) in [5.74, 6) is 0. The van der Waals surface area contributed by atoms with Crippen LogP contribution in [0.3, 0.4) is 0 Å². The predicted molar refractivity (Wildman–Crippen MR) is 97.3 cm³/mol. The average molecular weight is 293 g/mol. The Morgan fingerprint density at radius 1 is 1.00 bits per heavy atom. The van der Waals surface area contributed by atoms with Gasteiger partial charge in [-0.1, -0.05) is 55.8 Å². The minimum atomic E-state index is 0.900. The molecule has 0 aliphatic heterocycles. The van der Waals surface area contributed by atoms with Crippen molar-refractivity contribution in [3.8, 4) is 0 Å². The van der Waals surface area contributed by atoms with Crippen LogP contribution < -0.4 is 5.32 Å². The van der Waals surface area contributed by atoms with Gasteiger partial charge < -0.3 is 9.73 Å². The third kappa shape index (κ3) is 3.22. The number of para-hydroxylation sites is 2. The molecule has 3 aromatic rings. The smallest absolute Gasteiger partial charge is 0.158 e. The van der Waals surface area contributed by atoms with Crippen LogP contribution in [0.1, 0.15) is 27.7 Å². The number of allylic oxidation sites excluding steroid dienone is 3. The van der Waals surface area contributed by atoms with Gasteiger partial charge in [0.1, 0.15) is 5.58 Å². The maximum absolute atomic E-state index is 5.96. The fourth-order valence-electron chi connectivity index (χ4n) is 2.22. The maximum atomic E-state index is 5.96. The largest absolute Gasteiger partial charge is 0.454 e. The summed E-state index contributed by atoms with van der Waals surface area (Å²) in [5.41, 5.74) is 4.02. The second-order valence-electron chi connectivity index (χ2n) is 4.79. The van der Waals surface area contributed by atoms with E-state index in [1.165, 1.54) is 5.57 Å². The van der Waals surface area contributed by atoms with Crippen molar-refractivity contribution in [2.24, 2.45) is 0 Å². The van der Waals surface area contributed by atoms with E-state index in [1.54, 1.807) is 0 Å². The Morgan fingerprint density at radius 2 is 1.73 bits per heavy atom. The molecule has 0 saturated heterocycles. The van der Waals surface area contributed by atoms with E-state index in [1.807, 2.05) is 63.4 Å². The van der Waals surface area contributed by atoms with E-state index >= 15 is 0 Å². The summed E-state index contributed by atoms with van der Waals surface area (Å²) in [6, 6.07) is 14.3. The third-order valence-electron chi connectivity index (χ3n) is 3.44. The Balaban J connectivity index is 0.000000847. The van der Waals surface area contributed by atoms with Crippen molar-refractivity contribution in [1.29, 1.82) is 0 Å². The lowest BCUT2D eigenvalue weighted by Gasteiger charge is -2.01. The summed E-state index contributed by atoms with van der Waals surface area (Å²) in [6.07, 6.45) is 6.05. The number of benzene rings is 2. The van der Waals surface area contributed by atoms with Crippen LogP contribution in [0.15, 0.2) is 70.8 Å². The normalized spacial score (nSPS) is 11.7. The van der Waals surface area contributed by atoms with Gasteiger partial charge in [-0.15, -0.1) is 0 Å². The van der Waals surface area contributed by atoms with Crippen LogP contribution in [0, 0.1) is 0 Å². The molecule has 0 amide bonds. The highest BCUT2D eigenvalue weighted by Crippen LogP contribution is 2.33. The summed E-state index contributed by atoms with van der Waals surface area (Å²) in [6.45, 7) is 8.10. The molecule has 0 unspecified atom stereocenters. The van der Waals surface area contributed by atoms with Gasteiger partial charge in [-0.2, -0.15) is 0 Å². The highest BCUT2D eigenvalue weighted by molar-refractivity contribution is 6.08. The third-order valence-corrected chi connectivity index (χ3v) is 3.44. The molecule has 1 N–H and O–H groups in total. The highest BCUT2D eigenvalue weighted by atomic mass is 16.3. The zero-order chi connectivity index (χ0) is 15.9. The zero-order valence-corrected chi connectivity index (χ0v) is 13.7. The number of rotatable bonds is 3. The minimum Gasteiger partial charge on any atom is -0.454 e. The van der Waals surface area contributed by atoms with Crippen LogP contribution in [0.5, 0.6) is 0 Å². The molecule has 0 atom stereocenters. The first-order valence-electron chi connectivity index (χ1n) is 7.76. The Kier molecular flexibility index (Phi) is 5.42. The van der Waals surface area contributed by atoms with Gasteiger partial charge >= 0.3 is 0 Å². The summed E-state index contributed by atoms with van der Waals surface area (Å²) in [4.78, 5) is 0. The maximum Gasteiger partial charge on any atom is 0.158 e. The lowest BCUT2D eigenvalue weighted by atomic mass is 10.1. The first-order chi connectivity index (χ1) is 10.8. The molecular weight excluding hydrogens is 270 g/mol. The lowest BCUT2D eigenvalue weighted by Crippen LogP contribution is -1.87. The molecule has 2 heteroatoms.